The van der Waals surface area contributed by atoms with Crippen LogP contribution in [0.3, 0.4) is 0 Å². The van der Waals surface area contributed by atoms with Crippen molar-refractivity contribution in [2.45, 2.75) is 32.4 Å². The molecule has 2 aromatic heterocycles. The van der Waals surface area contributed by atoms with Crippen molar-refractivity contribution in [1.29, 1.82) is 0 Å². The number of carboxylic acid groups (broad SMARTS) is 1. The van der Waals surface area contributed by atoms with E-state index >= 15 is 0 Å². The molecule has 2 aliphatic rings. The Bertz CT molecular complexity index is 921. The quantitative estimate of drug-likeness (QED) is 0.715. The van der Waals surface area contributed by atoms with Gasteiger partial charge in [-0.1, -0.05) is 6.92 Å². The molecule has 1 fully saturated rings. The van der Waals surface area contributed by atoms with Crippen molar-refractivity contribution in [1.82, 2.24) is 19.3 Å². The molecule has 4 atom stereocenters. The lowest BCUT2D eigenvalue weighted by molar-refractivity contribution is -0.163. The number of aliphatic carboxylic acids is 1. The van der Waals surface area contributed by atoms with Crippen LogP contribution in [0.5, 0.6) is 0 Å². The van der Waals surface area contributed by atoms with Crippen molar-refractivity contribution in [2.75, 3.05) is 5.75 Å². The van der Waals surface area contributed by atoms with E-state index in [1.807, 2.05) is 23.7 Å². The first-order valence-electron chi connectivity index (χ1n) is 8.79. The van der Waals surface area contributed by atoms with Crippen LogP contribution in [-0.4, -0.2) is 59.3 Å². The maximum Gasteiger partial charge on any atom is 0.353 e. The van der Waals surface area contributed by atoms with E-state index in [1.165, 1.54) is 16.7 Å². The van der Waals surface area contributed by atoms with Crippen LogP contribution in [0, 0.1) is 11.8 Å². The van der Waals surface area contributed by atoms with Crippen molar-refractivity contribution in [2.24, 2.45) is 11.8 Å². The Morgan fingerprint density at radius 1 is 1.44 bits per heavy atom. The number of fused-ring (bicyclic) bond motifs is 2. The molecule has 8 nitrogen and oxygen atoms in total. The highest BCUT2D eigenvalue weighted by atomic mass is 32.2. The standard InChI is InChI=1S/C18H20N4O4S/c1-9-14-13(10(2)23)17(24)22(14)15(18(25)26)16(9)27-6-3-11-8-21-5-4-19-7-12(21)20-11/h4-5,7-10,13-14,23H,3,6H2,1-2H3,(H,25,26)/t9-,10-,13+,14+/m1/s1. The summed E-state index contributed by atoms with van der Waals surface area (Å²) < 4.78 is 1.89. The van der Waals surface area contributed by atoms with Gasteiger partial charge in [0.05, 0.1) is 30.0 Å². The molecule has 0 unspecified atom stereocenters. The Morgan fingerprint density at radius 3 is 2.89 bits per heavy atom. The number of hydrogen-bond acceptors (Lipinski definition) is 6. The first kappa shape index (κ1) is 18.0. The van der Waals surface area contributed by atoms with E-state index in [9.17, 15) is 19.8 Å². The maximum atomic E-state index is 12.3. The average Bonchev–Trinajstić information content (AvgIpc) is 3.12. The average molecular weight is 388 g/mol. The molecule has 2 aliphatic heterocycles. The van der Waals surface area contributed by atoms with Crippen LogP contribution >= 0.6 is 11.8 Å². The number of β-lactam (4-membered cyclic amide) rings is 1. The van der Waals surface area contributed by atoms with E-state index < -0.39 is 18.0 Å². The number of aliphatic hydroxyl groups is 1. The summed E-state index contributed by atoms with van der Waals surface area (Å²) in [4.78, 5) is 34.7. The number of hydrogen-bond donors (Lipinski definition) is 2. The third-order valence-electron chi connectivity index (χ3n) is 5.24. The van der Waals surface area contributed by atoms with Gasteiger partial charge in [0.25, 0.3) is 0 Å². The van der Waals surface area contributed by atoms with Crippen molar-refractivity contribution in [3.8, 4) is 0 Å². The lowest BCUT2D eigenvalue weighted by Gasteiger charge is -2.46. The summed E-state index contributed by atoms with van der Waals surface area (Å²) in [6.07, 6.45) is 7.03. The molecule has 2 aromatic rings. The van der Waals surface area contributed by atoms with Crippen LogP contribution < -0.4 is 0 Å². The second-order valence-corrected chi connectivity index (χ2v) is 8.08. The smallest absolute Gasteiger partial charge is 0.353 e. The molecular weight excluding hydrogens is 368 g/mol. The summed E-state index contributed by atoms with van der Waals surface area (Å²) in [5.41, 5.74) is 1.74. The zero-order valence-electron chi connectivity index (χ0n) is 14.9. The lowest BCUT2D eigenvalue weighted by Crippen LogP contribution is -2.63. The molecule has 0 aromatic carbocycles. The van der Waals surface area contributed by atoms with Crippen molar-refractivity contribution in [3.05, 3.63) is 41.1 Å². The van der Waals surface area contributed by atoms with Crippen LogP contribution in [0.15, 0.2) is 35.4 Å². The molecule has 142 valence electrons. The van der Waals surface area contributed by atoms with E-state index in [1.54, 1.807) is 19.3 Å². The number of nitrogens with zero attached hydrogens (tertiary/aromatic N) is 4. The maximum absolute atomic E-state index is 12.3. The Labute approximate surface area is 159 Å². The highest BCUT2D eigenvalue weighted by Crippen LogP contribution is 2.50. The largest absolute Gasteiger partial charge is 0.477 e. The Kier molecular flexibility index (Phi) is 4.43. The minimum atomic E-state index is -1.09. The number of carbonyl (C=O) groups excluding carboxylic acids is 1. The van der Waals surface area contributed by atoms with Gasteiger partial charge in [-0.15, -0.1) is 11.8 Å². The van der Waals surface area contributed by atoms with Gasteiger partial charge in [-0.3, -0.25) is 9.78 Å². The number of aryl methyl sites for hydroxylation is 1. The normalized spacial score (nSPS) is 25.7. The summed E-state index contributed by atoms with van der Waals surface area (Å²) in [6, 6.07) is -0.271. The number of amides is 1. The van der Waals surface area contributed by atoms with Gasteiger partial charge in [-0.05, 0) is 6.92 Å². The number of aromatic nitrogens is 3. The zero-order chi connectivity index (χ0) is 19.3. The number of carbonyl (C=O) groups is 2. The fourth-order valence-corrected chi connectivity index (χ4v) is 5.25. The second kappa shape index (κ2) is 6.65. The molecule has 0 bridgehead atoms. The first-order chi connectivity index (χ1) is 12.9. The number of rotatable bonds is 6. The van der Waals surface area contributed by atoms with E-state index in [-0.39, 0.29) is 23.6 Å². The van der Waals surface area contributed by atoms with Crippen LogP contribution in [0.2, 0.25) is 0 Å². The van der Waals surface area contributed by atoms with E-state index in [0.717, 1.165) is 11.3 Å². The van der Waals surface area contributed by atoms with E-state index in [2.05, 4.69) is 9.97 Å². The lowest BCUT2D eigenvalue weighted by atomic mass is 9.79. The van der Waals surface area contributed by atoms with Crippen molar-refractivity contribution in [3.63, 3.8) is 0 Å². The minimum Gasteiger partial charge on any atom is -0.477 e. The Hall–Kier alpha value is -2.39. The van der Waals surface area contributed by atoms with Crippen molar-refractivity contribution < 1.29 is 19.8 Å². The van der Waals surface area contributed by atoms with Crippen LogP contribution in [0.4, 0.5) is 0 Å². The summed E-state index contributed by atoms with van der Waals surface area (Å²) in [6.45, 7) is 3.50. The van der Waals surface area contributed by atoms with Gasteiger partial charge < -0.3 is 19.5 Å². The van der Waals surface area contributed by atoms with Gasteiger partial charge in [0.1, 0.15) is 5.70 Å². The molecule has 4 rings (SSSR count). The third-order valence-corrected chi connectivity index (χ3v) is 6.53. The Morgan fingerprint density at radius 2 is 2.22 bits per heavy atom. The molecule has 4 heterocycles. The number of imidazole rings is 1. The monoisotopic (exact) mass is 388 g/mol. The molecule has 0 spiro atoms. The molecule has 2 N–H and O–H groups in total. The fraction of sp³-hybridized carbons (Fsp3) is 0.444. The van der Waals surface area contributed by atoms with Crippen LogP contribution in [0.25, 0.3) is 5.65 Å². The highest BCUT2D eigenvalue weighted by Gasteiger charge is 2.59. The van der Waals surface area contributed by atoms with Crippen LogP contribution in [-0.2, 0) is 16.0 Å². The van der Waals surface area contributed by atoms with Crippen molar-refractivity contribution >= 4 is 29.3 Å². The van der Waals surface area contributed by atoms with Gasteiger partial charge >= 0.3 is 5.97 Å². The minimum absolute atomic E-state index is 0.0681. The second-order valence-electron chi connectivity index (χ2n) is 6.94. The molecule has 0 aliphatic carbocycles. The highest BCUT2D eigenvalue weighted by molar-refractivity contribution is 8.03. The zero-order valence-corrected chi connectivity index (χ0v) is 15.8. The molecule has 1 saturated heterocycles. The number of aliphatic hydroxyl groups excluding tert-OH is 1. The number of carboxylic acids is 1. The topological polar surface area (TPSA) is 108 Å². The fourth-order valence-electron chi connectivity index (χ4n) is 4.00. The van der Waals surface area contributed by atoms with Gasteiger partial charge in [-0.2, -0.15) is 0 Å². The SMILES string of the molecule is C[C@@H](O)[C@@H]1C(=O)N2C(C(=O)O)=C(SCCc3cn4ccncc4n3)[C@H](C)[C@@H]12. The predicted octanol–water partition coefficient (Wildman–Crippen LogP) is 1.16. The molecule has 0 radical (unpaired) electrons. The molecular formula is C18H20N4O4S. The van der Waals surface area contributed by atoms with Gasteiger partial charge in [0, 0.05) is 41.6 Å². The van der Waals surface area contributed by atoms with Gasteiger partial charge in [0.2, 0.25) is 5.91 Å². The third kappa shape index (κ3) is 2.81. The van der Waals surface area contributed by atoms with Gasteiger partial charge in [0.15, 0.2) is 5.65 Å². The summed E-state index contributed by atoms with van der Waals surface area (Å²) in [5, 5.41) is 19.5. The summed E-state index contributed by atoms with van der Waals surface area (Å²) >= 11 is 1.45. The van der Waals surface area contributed by atoms with Crippen LogP contribution in [0.1, 0.15) is 19.5 Å². The predicted molar refractivity (Wildman–Crippen MR) is 98.8 cm³/mol. The number of thioether (sulfide) groups is 1. The van der Waals surface area contributed by atoms with Gasteiger partial charge in [-0.25, -0.2) is 9.78 Å². The van der Waals surface area contributed by atoms with E-state index in [0.29, 0.717) is 17.1 Å². The molecule has 27 heavy (non-hydrogen) atoms. The molecule has 1 amide bonds. The summed E-state index contributed by atoms with van der Waals surface area (Å²) in [7, 11) is 0. The Balaban J connectivity index is 1.50. The molecule has 9 heteroatoms. The molecule has 0 saturated carbocycles. The first-order valence-corrected chi connectivity index (χ1v) is 9.77. The summed E-state index contributed by atoms with van der Waals surface area (Å²) in [5.74, 6) is -1.38. The van der Waals surface area contributed by atoms with E-state index in [4.69, 9.17) is 0 Å².